The number of amides is 2. The van der Waals surface area contributed by atoms with E-state index in [-0.39, 0.29) is 18.6 Å². The number of ether oxygens (including phenoxy) is 1. The summed E-state index contributed by atoms with van der Waals surface area (Å²) in [6.07, 6.45) is 3.27. The molecule has 33 heavy (non-hydrogen) atoms. The van der Waals surface area contributed by atoms with Gasteiger partial charge in [-0.05, 0) is 57.1 Å². The number of likely N-dealkylation sites (tertiary alicyclic amines) is 1. The Morgan fingerprint density at radius 3 is 2.76 bits per heavy atom. The number of hydrogen-bond donors (Lipinski definition) is 2. The van der Waals surface area contributed by atoms with E-state index in [4.69, 9.17) is 13.6 Å². The Labute approximate surface area is 190 Å². The second-order valence-electron chi connectivity index (χ2n) is 8.23. The molecule has 0 spiro atoms. The van der Waals surface area contributed by atoms with Crippen LogP contribution in [0.2, 0.25) is 0 Å². The Balaban J connectivity index is 1.33. The number of piperidine rings is 1. The predicted molar refractivity (Wildman–Crippen MR) is 119 cm³/mol. The molecule has 2 aliphatic rings. The van der Waals surface area contributed by atoms with Crippen molar-refractivity contribution in [2.24, 2.45) is 0 Å². The molecule has 1 fully saturated rings. The summed E-state index contributed by atoms with van der Waals surface area (Å²) in [4.78, 5) is 32.1. The van der Waals surface area contributed by atoms with Crippen LogP contribution in [-0.4, -0.2) is 48.1 Å². The van der Waals surface area contributed by atoms with Gasteiger partial charge in [-0.25, -0.2) is 14.6 Å². The van der Waals surface area contributed by atoms with E-state index in [1.807, 2.05) is 24.3 Å². The second kappa shape index (κ2) is 9.11. The monoisotopic (exact) mass is 450 g/mol. The van der Waals surface area contributed by atoms with Gasteiger partial charge in [0.1, 0.15) is 17.3 Å². The van der Waals surface area contributed by atoms with Crippen LogP contribution >= 0.6 is 0 Å². The molecule has 0 radical (unpaired) electrons. The summed E-state index contributed by atoms with van der Waals surface area (Å²) < 4.78 is 16.8. The van der Waals surface area contributed by atoms with Crippen LogP contribution in [0.3, 0.4) is 0 Å². The third kappa shape index (κ3) is 4.36. The van der Waals surface area contributed by atoms with E-state index in [0.29, 0.717) is 23.6 Å². The summed E-state index contributed by atoms with van der Waals surface area (Å²) in [5, 5.41) is 5.60. The van der Waals surface area contributed by atoms with Crippen LogP contribution in [0.5, 0.6) is 0 Å². The van der Waals surface area contributed by atoms with Gasteiger partial charge in [0.2, 0.25) is 0 Å². The minimum atomic E-state index is -0.694. The molecule has 1 atom stereocenters. The number of carbonyl (C=O) groups excluding carboxylic acids is 2. The van der Waals surface area contributed by atoms with Crippen molar-refractivity contribution in [2.75, 3.05) is 26.2 Å². The van der Waals surface area contributed by atoms with Crippen LogP contribution in [0.4, 0.5) is 4.79 Å². The fraction of sp³-hybridized carbons (Fsp3) is 0.375. The third-order valence-electron chi connectivity index (χ3n) is 6.11. The number of nitrogens with one attached hydrogen (secondary N) is 2. The number of furan rings is 1. The van der Waals surface area contributed by atoms with E-state index in [9.17, 15) is 9.59 Å². The van der Waals surface area contributed by atoms with E-state index in [1.54, 1.807) is 19.1 Å². The molecule has 1 aromatic carbocycles. The van der Waals surface area contributed by atoms with E-state index < -0.39 is 12.0 Å². The van der Waals surface area contributed by atoms with Gasteiger partial charge in [-0.2, -0.15) is 0 Å². The van der Waals surface area contributed by atoms with Gasteiger partial charge >= 0.3 is 12.0 Å². The minimum absolute atomic E-state index is 0.240. The Hall–Kier alpha value is -3.59. The van der Waals surface area contributed by atoms with Gasteiger partial charge in [-0.3, -0.25) is 4.90 Å². The van der Waals surface area contributed by atoms with Gasteiger partial charge in [-0.15, -0.1) is 0 Å². The van der Waals surface area contributed by atoms with Crippen LogP contribution < -0.4 is 10.6 Å². The fourth-order valence-corrected chi connectivity index (χ4v) is 4.49. The number of fused-ring (bicyclic) bond motifs is 1. The highest BCUT2D eigenvalue weighted by atomic mass is 16.5. The van der Waals surface area contributed by atoms with Crippen LogP contribution in [0.25, 0.3) is 11.1 Å². The first-order valence-corrected chi connectivity index (χ1v) is 11.2. The number of rotatable bonds is 6. The van der Waals surface area contributed by atoms with Gasteiger partial charge in [0, 0.05) is 18.2 Å². The van der Waals surface area contributed by atoms with E-state index in [0.717, 1.165) is 42.9 Å². The molecule has 4 heterocycles. The Morgan fingerprint density at radius 1 is 1.21 bits per heavy atom. The Morgan fingerprint density at radius 2 is 2.03 bits per heavy atom. The lowest BCUT2D eigenvalue weighted by Crippen LogP contribution is -2.49. The number of aromatic nitrogens is 1. The molecular weight excluding hydrogens is 424 g/mol. The van der Waals surface area contributed by atoms with Crippen LogP contribution in [0.15, 0.2) is 62.8 Å². The van der Waals surface area contributed by atoms with Gasteiger partial charge in [0.15, 0.2) is 11.5 Å². The predicted octanol–water partition coefficient (Wildman–Crippen LogP) is 3.47. The average Bonchev–Trinajstić information content (AvgIpc) is 3.49. The summed E-state index contributed by atoms with van der Waals surface area (Å²) in [5.74, 6) is 1.03. The van der Waals surface area contributed by atoms with Crippen LogP contribution in [-0.2, 0) is 9.53 Å². The molecule has 9 nitrogen and oxygen atoms in total. The lowest BCUT2D eigenvalue weighted by atomic mass is 9.95. The quantitative estimate of drug-likeness (QED) is 0.553. The molecule has 1 saturated heterocycles. The molecule has 0 aliphatic carbocycles. The number of nitrogens with zero attached hydrogens (tertiary/aromatic N) is 2. The first kappa shape index (κ1) is 21.3. The van der Waals surface area contributed by atoms with E-state index >= 15 is 0 Å². The van der Waals surface area contributed by atoms with Gasteiger partial charge in [0.25, 0.3) is 0 Å². The third-order valence-corrected chi connectivity index (χ3v) is 6.11. The summed E-state index contributed by atoms with van der Waals surface area (Å²) >= 11 is 0. The number of benzene rings is 1. The van der Waals surface area contributed by atoms with Crippen LogP contribution in [0, 0.1) is 0 Å². The highest BCUT2D eigenvalue weighted by Crippen LogP contribution is 2.32. The highest BCUT2D eigenvalue weighted by molar-refractivity contribution is 5.95. The Bertz CT molecular complexity index is 1140. The van der Waals surface area contributed by atoms with Crippen molar-refractivity contribution >= 4 is 23.1 Å². The highest BCUT2D eigenvalue weighted by Gasteiger charge is 2.36. The first-order valence-electron chi connectivity index (χ1n) is 11.2. The number of esters is 1. The number of urea groups is 1. The number of para-hydroxylation sites is 2. The number of carbonyl (C=O) groups is 2. The van der Waals surface area contributed by atoms with Crippen molar-refractivity contribution in [3.8, 4) is 0 Å². The zero-order valence-corrected chi connectivity index (χ0v) is 18.4. The van der Waals surface area contributed by atoms with Crippen molar-refractivity contribution in [1.82, 2.24) is 20.5 Å². The summed E-state index contributed by atoms with van der Waals surface area (Å²) in [5.41, 5.74) is 2.59. The molecule has 0 bridgehead atoms. The second-order valence-corrected chi connectivity index (χ2v) is 8.23. The van der Waals surface area contributed by atoms with Crippen molar-refractivity contribution in [1.29, 1.82) is 0 Å². The SMILES string of the molecule is CCOC(=O)C1=C(CN2CCC(c3nc4ccccc4o3)CC2)NC(=O)N[C@@H]1c1ccco1. The molecule has 0 saturated carbocycles. The standard InChI is InChI=1S/C24H26N4O5/c1-2-31-23(29)20-17(26-24(30)27-21(20)19-8-5-13-32-19)14-28-11-9-15(10-12-28)22-25-16-6-3-4-7-18(16)33-22/h3-8,13,15,21H,2,9-12,14H2,1H3,(H2,26,27,30)/t21-/m1/s1. The lowest BCUT2D eigenvalue weighted by molar-refractivity contribution is -0.139. The molecule has 3 aromatic rings. The maximum Gasteiger partial charge on any atom is 0.338 e. The van der Waals surface area contributed by atoms with E-state index in [2.05, 4.69) is 20.5 Å². The molecule has 172 valence electrons. The van der Waals surface area contributed by atoms with E-state index in [1.165, 1.54) is 6.26 Å². The van der Waals surface area contributed by atoms with Gasteiger partial charge in [-0.1, -0.05) is 12.1 Å². The summed E-state index contributed by atoms with van der Waals surface area (Å²) in [6, 6.07) is 10.2. The van der Waals surface area contributed by atoms with Crippen molar-refractivity contribution in [3.63, 3.8) is 0 Å². The van der Waals surface area contributed by atoms with Gasteiger partial charge in [0.05, 0.1) is 18.4 Å². The molecule has 2 amide bonds. The topological polar surface area (TPSA) is 110 Å². The number of oxazole rings is 1. The van der Waals surface area contributed by atoms with Crippen molar-refractivity contribution < 1.29 is 23.2 Å². The summed E-state index contributed by atoms with van der Waals surface area (Å²) in [6.45, 7) is 4.00. The largest absolute Gasteiger partial charge is 0.467 e. The molecule has 2 aromatic heterocycles. The number of hydrogen-bond acceptors (Lipinski definition) is 7. The molecule has 2 aliphatic heterocycles. The van der Waals surface area contributed by atoms with Crippen molar-refractivity contribution in [2.45, 2.75) is 31.7 Å². The zero-order chi connectivity index (χ0) is 22.8. The van der Waals surface area contributed by atoms with Crippen LogP contribution in [0.1, 0.15) is 43.4 Å². The van der Waals surface area contributed by atoms with Gasteiger partial charge < -0.3 is 24.2 Å². The normalized spacial score (nSPS) is 20.0. The fourth-order valence-electron chi connectivity index (χ4n) is 4.49. The molecule has 9 heteroatoms. The Kier molecular flexibility index (Phi) is 5.87. The first-order chi connectivity index (χ1) is 16.1. The van der Waals surface area contributed by atoms with Crippen molar-refractivity contribution in [3.05, 3.63) is 65.6 Å². The molecule has 2 N–H and O–H groups in total. The molecule has 0 unspecified atom stereocenters. The lowest BCUT2D eigenvalue weighted by Gasteiger charge is -2.34. The maximum atomic E-state index is 12.8. The summed E-state index contributed by atoms with van der Waals surface area (Å²) in [7, 11) is 0. The minimum Gasteiger partial charge on any atom is -0.467 e. The zero-order valence-electron chi connectivity index (χ0n) is 18.4. The maximum absolute atomic E-state index is 12.8. The molecular formula is C24H26N4O5. The molecule has 5 rings (SSSR count). The smallest absolute Gasteiger partial charge is 0.338 e. The average molecular weight is 450 g/mol.